The largest absolute Gasteiger partial charge is 0.478 e. The standard InChI is InChI=1S/C11H16N2O4/c1-13(8-4-2-3-5-8)11(17)12-9(14)6-7-10(15)16/h6-8H,2-5H2,1H3,(H,15,16)(H,12,14,17)/b7-6+. The Morgan fingerprint density at radius 2 is 1.82 bits per heavy atom. The highest BCUT2D eigenvalue weighted by Gasteiger charge is 2.23. The van der Waals surface area contributed by atoms with E-state index in [2.05, 4.69) is 5.32 Å². The molecule has 17 heavy (non-hydrogen) atoms. The summed E-state index contributed by atoms with van der Waals surface area (Å²) in [5.74, 6) is -1.95. The summed E-state index contributed by atoms with van der Waals surface area (Å²) in [6.07, 6.45) is 5.59. The first-order valence-electron chi connectivity index (χ1n) is 5.49. The van der Waals surface area contributed by atoms with Gasteiger partial charge >= 0.3 is 12.0 Å². The minimum atomic E-state index is -1.23. The summed E-state index contributed by atoms with van der Waals surface area (Å²) in [5, 5.41) is 10.4. The number of urea groups is 1. The van der Waals surface area contributed by atoms with Gasteiger partial charge in [0.05, 0.1) is 0 Å². The van der Waals surface area contributed by atoms with E-state index >= 15 is 0 Å². The average Bonchev–Trinajstić information content (AvgIpc) is 2.78. The lowest BCUT2D eigenvalue weighted by Gasteiger charge is -2.23. The predicted octanol–water partition coefficient (Wildman–Crippen LogP) is 0.738. The molecule has 1 rings (SSSR count). The molecule has 0 aliphatic heterocycles. The third-order valence-corrected chi connectivity index (χ3v) is 2.80. The second-order valence-corrected chi connectivity index (χ2v) is 4.02. The Bertz CT molecular complexity index is 345. The lowest BCUT2D eigenvalue weighted by Crippen LogP contribution is -2.44. The van der Waals surface area contributed by atoms with Crippen molar-refractivity contribution in [3.63, 3.8) is 0 Å². The fourth-order valence-corrected chi connectivity index (χ4v) is 1.84. The molecule has 1 aliphatic rings. The Labute approximate surface area is 99.3 Å². The highest BCUT2D eigenvalue weighted by Crippen LogP contribution is 2.22. The summed E-state index contributed by atoms with van der Waals surface area (Å²) >= 11 is 0. The molecule has 2 N–H and O–H groups in total. The Balaban J connectivity index is 2.42. The van der Waals surface area contributed by atoms with Gasteiger partial charge in [0.25, 0.3) is 5.91 Å². The van der Waals surface area contributed by atoms with Gasteiger partial charge in [0.1, 0.15) is 0 Å². The highest BCUT2D eigenvalue weighted by atomic mass is 16.4. The van der Waals surface area contributed by atoms with E-state index in [1.54, 1.807) is 7.05 Å². The van der Waals surface area contributed by atoms with Crippen molar-refractivity contribution in [1.29, 1.82) is 0 Å². The topological polar surface area (TPSA) is 86.7 Å². The molecule has 0 spiro atoms. The zero-order valence-electron chi connectivity index (χ0n) is 9.68. The van der Waals surface area contributed by atoms with Gasteiger partial charge in [-0.1, -0.05) is 12.8 Å². The maximum absolute atomic E-state index is 11.6. The van der Waals surface area contributed by atoms with E-state index in [1.807, 2.05) is 0 Å². The van der Waals surface area contributed by atoms with Crippen LogP contribution in [0, 0.1) is 0 Å². The Morgan fingerprint density at radius 1 is 1.24 bits per heavy atom. The first-order valence-corrected chi connectivity index (χ1v) is 5.49. The van der Waals surface area contributed by atoms with E-state index in [-0.39, 0.29) is 6.04 Å². The van der Waals surface area contributed by atoms with Gasteiger partial charge in [-0.15, -0.1) is 0 Å². The van der Waals surface area contributed by atoms with Crippen LogP contribution in [0.15, 0.2) is 12.2 Å². The molecule has 0 heterocycles. The zero-order chi connectivity index (χ0) is 12.8. The van der Waals surface area contributed by atoms with Crippen LogP contribution in [0.1, 0.15) is 25.7 Å². The molecular weight excluding hydrogens is 224 g/mol. The number of nitrogens with one attached hydrogen (secondary N) is 1. The maximum Gasteiger partial charge on any atom is 0.328 e. The van der Waals surface area contributed by atoms with E-state index in [0.29, 0.717) is 6.08 Å². The van der Waals surface area contributed by atoms with E-state index in [4.69, 9.17) is 5.11 Å². The quantitative estimate of drug-likeness (QED) is 0.712. The molecule has 6 heteroatoms. The number of rotatable bonds is 3. The number of hydrogen-bond acceptors (Lipinski definition) is 3. The predicted molar refractivity (Wildman–Crippen MR) is 60.3 cm³/mol. The molecule has 6 nitrogen and oxygen atoms in total. The molecule has 1 saturated carbocycles. The molecule has 94 valence electrons. The maximum atomic E-state index is 11.6. The molecule has 0 aromatic carbocycles. The summed E-state index contributed by atoms with van der Waals surface area (Å²) in [6.45, 7) is 0. The van der Waals surface area contributed by atoms with Crippen LogP contribution >= 0.6 is 0 Å². The van der Waals surface area contributed by atoms with Crippen molar-refractivity contribution in [2.24, 2.45) is 0 Å². The van der Waals surface area contributed by atoms with Gasteiger partial charge in [0.15, 0.2) is 0 Å². The van der Waals surface area contributed by atoms with Crippen molar-refractivity contribution in [3.05, 3.63) is 12.2 Å². The minimum Gasteiger partial charge on any atom is -0.478 e. The number of carbonyl (C=O) groups excluding carboxylic acids is 2. The average molecular weight is 240 g/mol. The van der Waals surface area contributed by atoms with Crippen LogP contribution in [0.5, 0.6) is 0 Å². The number of nitrogens with zero attached hydrogens (tertiary/aromatic N) is 1. The summed E-state index contributed by atoms with van der Waals surface area (Å²) < 4.78 is 0. The van der Waals surface area contributed by atoms with Crippen molar-refractivity contribution >= 4 is 17.9 Å². The van der Waals surface area contributed by atoms with Crippen LogP contribution in [-0.2, 0) is 9.59 Å². The number of carboxylic acid groups (broad SMARTS) is 1. The van der Waals surface area contributed by atoms with Crippen molar-refractivity contribution in [3.8, 4) is 0 Å². The van der Waals surface area contributed by atoms with Crippen LogP contribution in [0.25, 0.3) is 0 Å². The molecule has 0 aromatic heterocycles. The smallest absolute Gasteiger partial charge is 0.328 e. The molecule has 1 aliphatic carbocycles. The van der Waals surface area contributed by atoms with Gasteiger partial charge in [-0.3, -0.25) is 10.1 Å². The summed E-state index contributed by atoms with van der Waals surface area (Å²) in [5.41, 5.74) is 0. The van der Waals surface area contributed by atoms with Crippen molar-refractivity contribution in [2.45, 2.75) is 31.7 Å². The van der Waals surface area contributed by atoms with Gasteiger partial charge in [-0.05, 0) is 12.8 Å². The van der Waals surface area contributed by atoms with Crippen LogP contribution in [0.3, 0.4) is 0 Å². The van der Waals surface area contributed by atoms with E-state index < -0.39 is 17.9 Å². The van der Waals surface area contributed by atoms with Crippen molar-refractivity contribution in [1.82, 2.24) is 10.2 Å². The lowest BCUT2D eigenvalue weighted by molar-refractivity contribution is -0.131. The van der Waals surface area contributed by atoms with Crippen LogP contribution in [0.2, 0.25) is 0 Å². The number of carbonyl (C=O) groups is 3. The van der Waals surface area contributed by atoms with Gasteiger partial charge < -0.3 is 10.0 Å². The molecule has 0 radical (unpaired) electrons. The number of hydrogen-bond donors (Lipinski definition) is 2. The number of aliphatic carboxylic acids is 1. The third kappa shape index (κ3) is 4.26. The third-order valence-electron chi connectivity index (χ3n) is 2.80. The van der Waals surface area contributed by atoms with Gasteiger partial charge in [-0.25, -0.2) is 9.59 Å². The molecule has 1 fully saturated rings. The second kappa shape index (κ2) is 6.03. The van der Waals surface area contributed by atoms with E-state index in [0.717, 1.165) is 31.8 Å². The van der Waals surface area contributed by atoms with Gasteiger partial charge in [0.2, 0.25) is 0 Å². The highest BCUT2D eigenvalue weighted by molar-refractivity contribution is 6.02. The van der Waals surface area contributed by atoms with Crippen molar-refractivity contribution in [2.75, 3.05) is 7.05 Å². The fraction of sp³-hybridized carbons (Fsp3) is 0.545. The first kappa shape index (κ1) is 13.2. The van der Waals surface area contributed by atoms with E-state index in [9.17, 15) is 14.4 Å². The molecule has 0 atom stereocenters. The van der Waals surface area contributed by atoms with Crippen molar-refractivity contribution < 1.29 is 19.5 Å². The molecule has 0 unspecified atom stereocenters. The molecule has 0 aromatic rings. The number of carboxylic acids is 1. The lowest BCUT2D eigenvalue weighted by atomic mass is 10.2. The molecular formula is C11H16N2O4. The SMILES string of the molecule is CN(C(=O)NC(=O)/C=C/C(=O)O)C1CCCC1. The fourth-order valence-electron chi connectivity index (χ4n) is 1.84. The first-order chi connectivity index (χ1) is 8.00. The molecule has 0 saturated heterocycles. The van der Waals surface area contributed by atoms with Gasteiger partial charge in [-0.2, -0.15) is 0 Å². The zero-order valence-corrected chi connectivity index (χ0v) is 9.68. The molecule has 3 amide bonds. The number of amides is 3. The normalized spacial score (nSPS) is 16.1. The minimum absolute atomic E-state index is 0.172. The Hall–Kier alpha value is -1.85. The Kier molecular flexibility index (Phi) is 4.68. The van der Waals surface area contributed by atoms with Crippen LogP contribution in [-0.4, -0.2) is 41.0 Å². The monoisotopic (exact) mass is 240 g/mol. The summed E-state index contributed by atoms with van der Waals surface area (Å²) in [6, 6.07) is -0.316. The Morgan fingerprint density at radius 3 is 2.35 bits per heavy atom. The van der Waals surface area contributed by atoms with Crippen LogP contribution < -0.4 is 5.32 Å². The van der Waals surface area contributed by atoms with E-state index in [1.165, 1.54) is 4.90 Å². The second-order valence-electron chi connectivity index (χ2n) is 4.02. The van der Waals surface area contributed by atoms with Crippen LogP contribution in [0.4, 0.5) is 4.79 Å². The van der Waals surface area contributed by atoms with Gasteiger partial charge in [0, 0.05) is 25.2 Å². The number of imide groups is 1. The molecule has 0 bridgehead atoms. The summed E-state index contributed by atoms with van der Waals surface area (Å²) in [4.78, 5) is 34.4. The summed E-state index contributed by atoms with van der Waals surface area (Å²) in [7, 11) is 1.64.